The molecule has 0 bridgehead atoms. The first-order valence-electron chi connectivity index (χ1n) is 5.86. The molecule has 0 saturated carbocycles. The van der Waals surface area contributed by atoms with E-state index in [9.17, 15) is 10.1 Å². The molecule has 19 heavy (non-hydrogen) atoms. The van der Waals surface area contributed by atoms with E-state index >= 15 is 0 Å². The summed E-state index contributed by atoms with van der Waals surface area (Å²) in [5.41, 5.74) is 1.94. The van der Waals surface area contributed by atoms with E-state index in [1.54, 1.807) is 12.1 Å². The molecule has 1 aromatic carbocycles. The molecular formula is C14H13BrN2O2. The van der Waals surface area contributed by atoms with Gasteiger partial charge in [-0.25, -0.2) is 0 Å². The average Bonchev–Trinajstić information content (AvgIpc) is 2.51. The Hall–Kier alpha value is -1.88. The van der Waals surface area contributed by atoms with E-state index in [1.807, 2.05) is 30.5 Å². The quantitative estimate of drug-likeness (QED) is 0.666. The van der Waals surface area contributed by atoms with Crippen LogP contribution in [0.1, 0.15) is 12.0 Å². The molecule has 1 N–H and O–H groups in total. The fourth-order valence-corrected chi connectivity index (χ4v) is 2.13. The van der Waals surface area contributed by atoms with Crippen LogP contribution in [0.15, 0.2) is 53.2 Å². The first kappa shape index (κ1) is 13.5. The average molecular weight is 321 g/mol. The van der Waals surface area contributed by atoms with Gasteiger partial charge in [-0.1, -0.05) is 46.3 Å². The van der Waals surface area contributed by atoms with Gasteiger partial charge in [0.1, 0.15) is 0 Å². The van der Waals surface area contributed by atoms with Gasteiger partial charge in [0.25, 0.3) is 5.69 Å². The van der Waals surface area contributed by atoms with Crippen LogP contribution in [0.3, 0.4) is 0 Å². The van der Waals surface area contributed by atoms with Crippen LogP contribution >= 0.6 is 15.9 Å². The second-order valence-corrected chi connectivity index (χ2v) is 5.09. The van der Waals surface area contributed by atoms with Crippen molar-refractivity contribution in [1.82, 2.24) is 5.32 Å². The second-order valence-electron chi connectivity index (χ2n) is 4.07. The number of nitrogens with zero attached hydrogens (tertiary/aromatic N) is 1. The van der Waals surface area contributed by atoms with Crippen molar-refractivity contribution in [2.75, 3.05) is 6.54 Å². The number of nitro benzene ring substituents is 1. The molecule has 4 nitrogen and oxygen atoms in total. The molecule has 0 radical (unpaired) electrons. The highest BCUT2D eigenvalue weighted by molar-refractivity contribution is 9.11. The Balaban J connectivity index is 2.29. The molecule has 0 spiro atoms. The normalized spacial score (nSPS) is 18.2. The van der Waals surface area contributed by atoms with Gasteiger partial charge < -0.3 is 5.32 Å². The van der Waals surface area contributed by atoms with E-state index in [2.05, 4.69) is 21.2 Å². The Bertz CT molecular complexity index is 577. The lowest BCUT2D eigenvalue weighted by molar-refractivity contribution is -0.384. The van der Waals surface area contributed by atoms with Crippen molar-refractivity contribution in [3.63, 3.8) is 0 Å². The van der Waals surface area contributed by atoms with Gasteiger partial charge in [0.2, 0.25) is 0 Å². The molecule has 0 aromatic heterocycles. The number of hydrogen-bond acceptors (Lipinski definition) is 3. The highest BCUT2D eigenvalue weighted by Gasteiger charge is 2.07. The third kappa shape index (κ3) is 3.79. The highest BCUT2D eigenvalue weighted by Crippen LogP contribution is 2.22. The summed E-state index contributed by atoms with van der Waals surface area (Å²) in [5.74, 6) is 0. The summed E-state index contributed by atoms with van der Waals surface area (Å²) >= 11 is 3.45. The highest BCUT2D eigenvalue weighted by atomic mass is 79.9. The summed E-state index contributed by atoms with van der Waals surface area (Å²) < 4.78 is 1.07. The molecule has 1 aliphatic rings. The molecule has 98 valence electrons. The first-order chi connectivity index (χ1) is 9.16. The van der Waals surface area contributed by atoms with E-state index in [0.29, 0.717) is 6.54 Å². The van der Waals surface area contributed by atoms with Crippen LogP contribution in [0.2, 0.25) is 0 Å². The van der Waals surface area contributed by atoms with Crippen molar-refractivity contribution < 1.29 is 4.92 Å². The second kappa shape index (κ2) is 6.33. The van der Waals surface area contributed by atoms with Gasteiger partial charge in [0, 0.05) is 29.4 Å². The summed E-state index contributed by atoms with van der Waals surface area (Å²) in [5, 5.41) is 14.0. The van der Waals surface area contributed by atoms with Gasteiger partial charge >= 0.3 is 0 Å². The lowest BCUT2D eigenvalue weighted by Gasteiger charge is -2.03. The molecule has 0 fully saturated rings. The third-order valence-corrected chi connectivity index (χ3v) is 3.25. The largest absolute Gasteiger partial charge is 0.387 e. The standard InChI is InChI=1S/C14H13BrN2O2/c15-13-5-1-3-11(7-8-16-10-13)12-4-2-6-14(9-12)17(18)19/h1-4,6-7,9-10,16H,5,8H2/b3-1?,11-7?,13-10+. The van der Waals surface area contributed by atoms with Gasteiger partial charge in [-0.3, -0.25) is 10.1 Å². The van der Waals surface area contributed by atoms with Gasteiger partial charge in [-0.05, 0) is 17.6 Å². The smallest absolute Gasteiger partial charge is 0.270 e. The molecule has 0 saturated heterocycles. The fourth-order valence-electron chi connectivity index (χ4n) is 1.78. The summed E-state index contributed by atoms with van der Waals surface area (Å²) in [7, 11) is 0. The molecule has 0 unspecified atom stereocenters. The van der Waals surface area contributed by atoms with Crippen molar-refractivity contribution in [1.29, 1.82) is 0 Å². The van der Waals surface area contributed by atoms with Crippen molar-refractivity contribution in [2.45, 2.75) is 6.42 Å². The van der Waals surface area contributed by atoms with Gasteiger partial charge in [-0.2, -0.15) is 0 Å². The van der Waals surface area contributed by atoms with E-state index < -0.39 is 0 Å². The van der Waals surface area contributed by atoms with E-state index in [1.165, 1.54) is 6.07 Å². The van der Waals surface area contributed by atoms with Crippen LogP contribution in [0.5, 0.6) is 0 Å². The van der Waals surface area contributed by atoms with E-state index in [-0.39, 0.29) is 10.6 Å². The topological polar surface area (TPSA) is 55.2 Å². The Kier molecular flexibility index (Phi) is 4.52. The maximum Gasteiger partial charge on any atom is 0.270 e. The maximum absolute atomic E-state index is 10.8. The summed E-state index contributed by atoms with van der Waals surface area (Å²) in [4.78, 5) is 10.4. The van der Waals surface area contributed by atoms with Crippen LogP contribution in [0.4, 0.5) is 5.69 Å². The number of non-ortho nitro benzene ring substituents is 1. The maximum atomic E-state index is 10.8. The minimum absolute atomic E-state index is 0.110. The molecule has 1 aromatic rings. The zero-order valence-corrected chi connectivity index (χ0v) is 11.8. The van der Waals surface area contributed by atoms with Crippen LogP contribution < -0.4 is 5.32 Å². The van der Waals surface area contributed by atoms with Crippen molar-refractivity contribution in [3.05, 3.63) is 68.9 Å². The van der Waals surface area contributed by atoms with Crippen LogP contribution in [-0.4, -0.2) is 11.5 Å². The SMILES string of the molecule is O=[N+]([O-])c1cccc(C2=CCN/C=C(/Br)CC=C2)c1. The molecule has 0 aliphatic carbocycles. The summed E-state index contributed by atoms with van der Waals surface area (Å²) in [6.45, 7) is 0.678. The van der Waals surface area contributed by atoms with E-state index in [0.717, 1.165) is 22.0 Å². The fraction of sp³-hybridized carbons (Fsp3) is 0.143. The molecule has 5 heteroatoms. The Morgan fingerprint density at radius 1 is 1.37 bits per heavy atom. The zero-order valence-electron chi connectivity index (χ0n) is 10.2. The summed E-state index contributed by atoms with van der Waals surface area (Å²) in [6.07, 6.45) is 8.73. The number of nitrogens with one attached hydrogen (secondary N) is 1. The number of benzene rings is 1. The molecular weight excluding hydrogens is 308 g/mol. The predicted molar refractivity (Wildman–Crippen MR) is 79.8 cm³/mol. The van der Waals surface area contributed by atoms with Gasteiger partial charge in [0.05, 0.1) is 4.92 Å². The minimum Gasteiger partial charge on any atom is -0.387 e. The van der Waals surface area contributed by atoms with Crippen molar-refractivity contribution >= 4 is 27.2 Å². The van der Waals surface area contributed by atoms with Crippen molar-refractivity contribution in [2.24, 2.45) is 0 Å². The lowest BCUT2D eigenvalue weighted by atomic mass is 10.0. The third-order valence-electron chi connectivity index (χ3n) is 2.70. The van der Waals surface area contributed by atoms with Crippen LogP contribution in [-0.2, 0) is 0 Å². The number of hydrogen-bond donors (Lipinski definition) is 1. The molecule has 0 atom stereocenters. The van der Waals surface area contributed by atoms with Crippen LogP contribution in [0.25, 0.3) is 5.57 Å². The molecule has 1 heterocycles. The summed E-state index contributed by atoms with van der Waals surface area (Å²) in [6, 6.07) is 6.68. The molecule has 1 aliphatic heterocycles. The van der Waals surface area contributed by atoms with Crippen LogP contribution in [0, 0.1) is 10.1 Å². The van der Waals surface area contributed by atoms with E-state index in [4.69, 9.17) is 0 Å². The Labute approximate surface area is 119 Å². The Morgan fingerprint density at radius 2 is 2.21 bits per heavy atom. The predicted octanol–water partition coefficient (Wildman–Crippen LogP) is 3.76. The monoisotopic (exact) mass is 320 g/mol. The van der Waals surface area contributed by atoms with Crippen molar-refractivity contribution in [3.8, 4) is 0 Å². The number of halogens is 1. The lowest BCUT2D eigenvalue weighted by Crippen LogP contribution is -2.04. The number of allylic oxidation sites excluding steroid dienone is 4. The van der Waals surface area contributed by atoms with Gasteiger partial charge in [-0.15, -0.1) is 0 Å². The minimum atomic E-state index is -0.376. The molecule has 0 amide bonds. The Morgan fingerprint density at radius 3 is 3.00 bits per heavy atom. The zero-order chi connectivity index (χ0) is 13.7. The number of nitro groups is 1. The molecule has 2 rings (SSSR count). The number of rotatable bonds is 2. The van der Waals surface area contributed by atoms with Gasteiger partial charge in [0.15, 0.2) is 0 Å². The first-order valence-corrected chi connectivity index (χ1v) is 6.65.